The number of fused-ring (bicyclic) bond motifs is 2. The molecule has 2 aromatic rings. The normalized spacial score (nSPS) is 19.9. The Bertz CT molecular complexity index is 909. The fourth-order valence-electron chi connectivity index (χ4n) is 3.54. The summed E-state index contributed by atoms with van der Waals surface area (Å²) in [5.74, 6) is -0.610. The number of nitrogens with one attached hydrogen (secondary N) is 1. The standard InChI is InChI=1S/C20H19NO6/c1-3-25-20(23)18-17(11-4-7-15-16(8-11)27-10-26-15)13-6-5-12(24-2)9-14(13)21-19(18)22/h4-9,17-18H,3,10H2,1-2H3,(H,21,22). The van der Waals surface area contributed by atoms with Crippen molar-refractivity contribution >= 4 is 17.6 Å². The molecule has 0 saturated carbocycles. The van der Waals surface area contributed by atoms with Crippen molar-refractivity contribution in [3.05, 3.63) is 47.5 Å². The Morgan fingerprint density at radius 1 is 1.19 bits per heavy atom. The average molecular weight is 369 g/mol. The van der Waals surface area contributed by atoms with E-state index in [4.69, 9.17) is 18.9 Å². The second-order valence-electron chi connectivity index (χ2n) is 6.26. The van der Waals surface area contributed by atoms with Crippen molar-refractivity contribution in [3.8, 4) is 17.2 Å². The van der Waals surface area contributed by atoms with E-state index in [1.807, 2.05) is 18.2 Å². The number of amides is 1. The van der Waals surface area contributed by atoms with Crippen LogP contribution in [0.2, 0.25) is 0 Å². The van der Waals surface area contributed by atoms with Gasteiger partial charge < -0.3 is 24.3 Å². The summed E-state index contributed by atoms with van der Waals surface area (Å²) in [6.07, 6.45) is 0. The lowest BCUT2D eigenvalue weighted by atomic mass is 9.77. The summed E-state index contributed by atoms with van der Waals surface area (Å²) < 4.78 is 21.3. The maximum absolute atomic E-state index is 12.8. The number of esters is 1. The van der Waals surface area contributed by atoms with Gasteiger partial charge in [-0.05, 0) is 36.2 Å². The number of anilines is 1. The maximum atomic E-state index is 12.8. The molecular weight excluding hydrogens is 350 g/mol. The van der Waals surface area contributed by atoms with Gasteiger partial charge in [-0.3, -0.25) is 9.59 Å². The molecule has 0 aliphatic carbocycles. The van der Waals surface area contributed by atoms with E-state index >= 15 is 0 Å². The number of carbonyl (C=O) groups is 2. The largest absolute Gasteiger partial charge is 0.497 e. The van der Waals surface area contributed by atoms with E-state index in [1.54, 1.807) is 32.2 Å². The van der Waals surface area contributed by atoms with Gasteiger partial charge >= 0.3 is 5.97 Å². The fourth-order valence-corrected chi connectivity index (χ4v) is 3.54. The number of hydrogen-bond acceptors (Lipinski definition) is 6. The lowest BCUT2D eigenvalue weighted by Gasteiger charge is -2.32. The summed E-state index contributed by atoms with van der Waals surface area (Å²) in [5, 5.41) is 2.80. The monoisotopic (exact) mass is 369 g/mol. The van der Waals surface area contributed by atoms with Crippen LogP contribution in [0.4, 0.5) is 5.69 Å². The van der Waals surface area contributed by atoms with Crippen molar-refractivity contribution < 1.29 is 28.5 Å². The SMILES string of the molecule is CCOC(=O)C1C(=O)Nc2cc(OC)ccc2C1c1ccc2c(c1)OCO2. The van der Waals surface area contributed by atoms with Crippen molar-refractivity contribution in [2.75, 3.05) is 25.8 Å². The van der Waals surface area contributed by atoms with Gasteiger partial charge in [0.05, 0.1) is 13.7 Å². The molecule has 2 unspecified atom stereocenters. The molecule has 2 aromatic carbocycles. The van der Waals surface area contributed by atoms with Gasteiger partial charge in [0.2, 0.25) is 12.7 Å². The number of hydrogen-bond donors (Lipinski definition) is 1. The Morgan fingerprint density at radius 3 is 2.78 bits per heavy atom. The molecule has 7 nitrogen and oxygen atoms in total. The van der Waals surface area contributed by atoms with E-state index in [1.165, 1.54) is 0 Å². The minimum Gasteiger partial charge on any atom is -0.497 e. The van der Waals surface area contributed by atoms with E-state index in [0.29, 0.717) is 22.9 Å². The molecule has 2 aliphatic rings. The third-order valence-corrected chi connectivity index (χ3v) is 4.77. The van der Waals surface area contributed by atoms with E-state index in [2.05, 4.69) is 5.32 Å². The minimum atomic E-state index is -0.994. The first-order valence-corrected chi connectivity index (χ1v) is 8.67. The number of carbonyl (C=O) groups excluding carboxylic acids is 2. The van der Waals surface area contributed by atoms with E-state index < -0.39 is 23.7 Å². The quantitative estimate of drug-likeness (QED) is 0.659. The van der Waals surface area contributed by atoms with Crippen LogP contribution < -0.4 is 19.5 Å². The Kier molecular flexibility index (Phi) is 4.35. The first-order chi connectivity index (χ1) is 13.1. The highest BCUT2D eigenvalue weighted by molar-refractivity contribution is 6.08. The third-order valence-electron chi connectivity index (χ3n) is 4.77. The third kappa shape index (κ3) is 2.95. The van der Waals surface area contributed by atoms with Gasteiger partial charge in [-0.25, -0.2) is 0 Å². The molecule has 4 rings (SSSR count). The summed E-state index contributed by atoms with van der Waals surface area (Å²) in [4.78, 5) is 25.4. The Labute approximate surface area is 156 Å². The van der Waals surface area contributed by atoms with Gasteiger partial charge in [-0.1, -0.05) is 12.1 Å². The van der Waals surface area contributed by atoms with Gasteiger partial charge in [0, 0.05) is 17.7 Å². The van der Waals surface area contributed by atoms with Crippen molar-refractivity contribution in [2.24, 2.45) is 5.92 Å². The second kappa shape index (κ2) is 6.83. The highest BCUT2D eigenvalue weighted by Crippen LogP contribution is 2.45. The van der Waals surface area contributed by atoms with Crippen LogP contribution in [0.5, 0.6) is 17.2 Å². The maximum Gasteiger partial charge on any atom is 0.319 e. The van der Waals surface area contributed by atoms with Crippen LogP contribution in [-0.4, -0.2) is 32.4 Å². The first kappa shape index (κ1) is 17.2. The molecular formula is C20H19NO6. The topological polar surface area (TPSA) is 83.1 Å². The Balaban J connectivity index is 1.85. The van der Waals surface area contributed by atoms with Crippen molar-refractivity contribution in [2.45, 2.75) is 12.8 Å². The molecule has 140 valence electrons. The molecule has 0 aromatic heterocycles. The predicted octanol–water partition coefficient (Wildman–Crippen LogP) is 2.69. The fraction of sp³-hybridized carbons (Fsp3) is 0.300. The molecule has 27 heavy (non-hydrogen) atoms. The zero-order valence-corrected chi connectivity index (χ0v) is 15.0. The van der Waals surface area contributed by atoms with Crippen molar-refractivity contribution in [1.29, 1.82) is 0 Å². The summed E-state index contributed by atoms with van der Waals surface area (Å²) in [5.41, 5.74) is 2.20. The number of benzene rings is 2. The molecule has 1 amide bonds. The highest BCUT2D eigenvalue weighted by atomic mass is 16.7. The molecule has 0 fully saturated rings. The van der Waals surface area contributed by atoms with E-state index in [9.17, 15) is 9.59 Å². The lowest BCUT2D eigenvalue weighted by Crippen LogP contribution is -2.40. The second-order valence-corrected chi connectivity index (χ2v) is 6.26. The molecule has 1 N–H and O–H groups in total. The zero-order valence-electron chi connectivity index (χ0n) is 15.0. The lowest BCUT2D eigenvalue weighted by molar-refractivity contribution is -0.151. The summed E-state index contributed by atoms with van der Waals surface area (Å²) in [6, 6.07) is 10.8. The van der Waals surface area contributed by atoms with Crippen LogP contribution in [0.25, 0.3) is 0 Å². The van der Waals surface area contributed by atoms with Crippen LogP contribution in [0, 0.1) is 5.92 Å². The first-order valence-electron chi connectivity index (χ1n) is 8.67. The zero-order chi connectivity index (χ0) is 19.0. The Hall–Kier alpha value is -3.22. The molecule has 0 saturated heterocycles. The molecule has 0 spiro atoms. The van der Waals surface area contributed by atoms with Gasteiger partial charge in [0.25, 0.3) is 0 Å². The van der Waals surface area contributed by atoms with Crippen LogP contribution in [0.3, 0.4) is 0 Å². The van der Waals surface area contributed by atoms with Crippen LogP contribution >= 0.6 is 0 Å². The number of ether oxygens (including phenoxy) is 4. The molecule has 2 atom stereocenters. The molecule has 2 aliphatic heterocycles. The van der Waals surface area contributed by atoms with Gasteiger partial charge in [-0.15, -0.1) is 0 Å². The van der Waals surface area contributed by atoms with Crippen LogP contribution in [0.15, 0.2) is 36.4 Å². The summed E-state index contributed by atoms with van der Waals surface area (Å²) in [6.45, 7) is 2.07. The number of methoxy groups -OCH3 is 1. The molecule has 0 radical (unpaired) electrons. The smallest absolute Gasteiger partial charge is 0.319 e. The molecule has 7 heteroatoms. The highest BCUT2D eigenvalue weighted by Gasteiger charge is 2.43. The Morgan fingerprint density at radius 2 is 2.00 bits per heavy atom. The van der Waals surface area contributed by atoms with Crippen molar-refractivity contribution in [1.82, 2.24) is 0 Å². The van der Waals surface area contributed by atoms with Gasteiger partial charge in [-0.2, -0.15) is 0 Å². The van der Waals surface area contributed by atoms with Gasteiger partial charge in [0.1, 0.15) is 11.7 Å². The van der Waals surface area contributed by atoms with Gasteiger partial charge in [0.15, 0.2) is 11.5 Å². The van der Waals surface area contributed by atoms with Crippen LogP contribution in [-0.2, 0) is 14.3 Å². The van der Waals surface area contributed by atoms with E-state index in [-0.39, 0.29) is 13.4 Å². The minimum absolute atomic E-state index is 0.152. The van der Waals surface area contributed by atoms with E-state index in [0.717, 1.165) is 11.1 Å². The summed E-state index contributed by atoms with van der Waals surface area (Å²) in [7, 11) is 1.56. The number of rotatable bonds is 4. The molecule has 0 bridgehead atoms. The molecule has 2 heterocycles. The van der Waals surface area contributed by atoms with Crippen molar-refractivity contribution in [3.63, 3.8) is 0 Å². The predicted molar refractivity (Wildman–Crippen MR) is 96.2 cm³/mol. The van der Waals surface area contributed by atoms with Crippen LogP contribution in [0.1, 0.15) is 24.0 Å². The average Bonchev–Trinajstić information content (AvgIpc) is 3.14. The summed E-state index contributed by atoms with van der Waals surface area (Å²) >= 11 is 0.